The molecule has 2 fully saturated rings. The number of hydrogen-bond donors (Lipinski definition) is 0. The Kier molecular flexibility index (Phi) is 15.5. The Labute approximate surface area is 256 Å². The van der Waals surface area contributed by atoms with Crippen LogP contribution in [0.4, 0.5) is 0 Å². The van der Waals surface area contributed by atoms with Crippen LogP contribution in [0.2, 0.25) is 0 Å². The average molecular weight is 577 g/mol. The second-order valence-corrected chi connectivity index (χ2v) is 12.4. The monoisotopic (exact) mass is 576 g/mol. The van der Waals surface area contributed by atoms with Gasteiger partial charge in [0, 0.05) is 49.1 Å². The Bertz CT molecular complexity index is 952. The maximum absolute atomic E-state index is 12.5. The summed E-state index contributed by atoms with van der Waals surface area (Å²) in [5.41, 5.74) is 4.39. The van der Waals surface area contributed by atoms with Gasteiger partial charge in [-0.2, -0.15) is 0 Å². The van der Waals surface area contributed by atoms with Gasteiger partial charge in [0.05, 0.1) is 13.2 Å². The molecule has 0 aliphatic carbocycles. The second kappa shape index (κ2) is 19.0. The first kappa shape index (κ1) is 34.2. The molecule has 0 amide bonds. The number of benzene rings is 2. The van der Waals surface area contributed by atoms with Crippen LogP contribution in [-0.2, 0) is 17.6 Å². The molecule has 2 saturated heterocycles. The molecule has 2 unspecified atom stereocenters. The van der Waals surface area contributed by atoms with E-state index in [2.05, 4.69) is 54.8 Å². The third kappa shape index (κ3) is 11.7. The summed E-state index contributed by atoms with van der Waals surface area (Å²) in [6.45, 7) is 16.0. The Morgan fingerprint density at radius 1 is 0.643 bits per heavy atom. The van der Waals surface area contributed by atoms with Gasteiger partial charge in [0.25, 0.3) is 0 Å². The van der Waals surface area contributed by atoms with Crippen molar-refractivity contribution >= 4 is 11.6 Å². The highest BCUT2D eigenvalue weighted by Crippen LogP contribution is 2.17. The molecule has 2 heterocycles. The van der Waals surface area contributed by atoms with Crippen LogP contribution in [0, 0.1) is 11.8 Å². The summed E-state index contributed by atoms with van der Waals surface area (Å²) in [5, 5.41) is 0. The van der Waals surface area contributed by atoms with E-state index in [1.807, 2.05) is 31.2 Å². The smallest absolute Gasteiger partial charge is 0.166 e. The summed E-state index contributed by atoms with van der Waals surface area (Å²) in [7, 11) is 0. The van der Waals surface area contributed by atoms with Gasteiger partial charge in [-0.25, -0.2) is 0 Å². The highest BCUT2D eigenvalue weighted by Gasteiger charge is 2.21. The molecule has 2 atom stereocenters. The van der Waals surface area contributed by atoms with Gasteiger partial charge in [0.15, 0.2) is 11.6 Å². The first-order chi connectivity index (χ1) is 20.4. The molecular formula is C37H56N2O3. The highest BCUT2D eigenvalue weighted by atomic mass is 16.5. The molecule has 0 bridgehead atoms. The Hall–Kier alpha value is -2.34. The van der Waals surface area contributed by atoms with E-state index in [0.717, 1.165) is 76.5 Å². The molecule has 0 saturated carbocycles. The Morgan fingerprint density at radius 2 is 1.05 bits per heavy atom. The summed E-state index contributed by atoms with van der Waals surface area (Å²) in [5.74, 6) is 0.695. The van der Waals surface area contributed by atoms with Crippen molar-refractivity contribution in [1.29, 1.82) is 0 Å². The van der Waals surface area contributed by atoms with Crippen molar-refractivity contribution in [1.82, 2.24) is 9.80 Å². The lowest BCUT2D eigenvalue weighted by atomic mass is 9.96. The largest absolute Gasteiger partial charge is 0.379 e. The molecular weight excluding hydrogens is 520 g/mol. The van der Waals surface area contributed by atoms with Gasteiger partial charge in [-0.15, -0.1) is 0 Å². The third-order valence-corrected chi connectivity index (χ3v) is 8.63. The SMILES string of the molecule is CCCCc1ccc(C(=O)C(C)CN2CCCCC2)cc1.CCCCc1ccc(C(=O)C(C)CN2CCOCC2)cc1. The van der Waals surface area contributed by atoms with Gasteiger partial charge in [0.1, 0.15) is 0 Å². The number of hydrogen-bond acceptors (Lipinski definition) is 5. The summed E-state index contributed by atoms with van der Waals surface area (Å²) < 4.78 is 5.35. The summed E-state index contributed by atoms with van der Waals surface area (Å²) in [6, 6.07) is 16.5. The van der Waals surface area contributed by atoms with Crippen LogP contribution in [0.1, 0.15) is 104 Å². The predicted molar refractivity (Wildman–Crippen MR) is 175 cm³/mol. The maximum atomic E-state index is 12.5. The summed E-state index contributed by atoms with van der Waals surface area (Å²) in [4.78, 5) is 29.8. The van der Waals surface area contributed by atoms with Gasteiger partial charge in [0.2, 0.25) is 0 Å². The number of likely N-dealkylation sites (tertiary alicyclic amines) is 1. The van der Waals surface area contributed by atoms with Crippen LogP contribution < -0.4 is 0 Å². The molecule has 2 aliphatic heterocycles. The average Bonchev–Trinajstić information content (AvgIpc) is 3.04. The van der Waals surface area contributed by atoms with E-state index in [1.54, 1.807) is 0 Å². The lowest BCUT2D eigenvalue weighted by Gasteiger charge is -2.28. The van der Waals surface area contributed by atoms with Crippen LogP contribution in [0.5, 0.6) is 0 Å². The molecule has 232 valence electrons. The van der Waals surface area contributed by atoms with Crippen molar-refractivity contribution in [2.75, 3.05) is 52.5 Å². The zero-order chi connectivity index (χ0) is 30.2. The fraction of sp³-hybridized carbons (Fsp3) is 0.622. The molecule has 0 spiro atoms. The number of morpholine rings is 1. The molecule has 42 heavy (non-hydrogen) atoms. The van der Waals surface area contributed by atoms with Crippen LogP contribution in [0.15, 0.2) is 48.5 Å². The topological polar surface area (TPSA) is 49.9 Å². The minimum absolute atomic E-state index is 0.0459. The number of ketones is 2. The third-order valence-electron chi connectivity index (χ3n) is 8.63. The zero-order valence-electron chi connectivity index (χ0n) is 26.9. The molecule has 0 aromatic heterocycles. The predicted octanol–water partition coefficient (Wildman–Crippen LogP) is 7.51. The molecule has 5 heteroatoms. The molecule has 4 rings (SSSR count). The number of unbranched alkanes of at least 4 members (excludes halogenated alkanes) is 2. The van der Waals surface area contributed by atoms with E-state index in [0.29, 0.717) is 5.78 Å². The Balaban J connectivity index is 0.000000230. The summed E-state index contributed by atoms with van der Waals surface area (Å²) >= 11 is 0. The van der Waals surface area contributed by atoms with Crippen molar-refractivity contribution in [3.05, 3.63) is 70.8 Å². The first-order valence-corrected chi connectivity index (χ1v) is 16.7. The minimum Gasteiger partial charge on any atom is -0.379 e. The standard InChI is InChI=1S/C19H29NO.C18H27NO2/c1-3-4-8-17-9-11-18(12-10-17)19(21)16(2)15-20-13-6-5-7-14-20;1-3-4-5-16-6-8-17(9-7-16)18(20)15(2)14-19-10-12-21-13-11-19/h9-12,16H,3-8,13-15H2,1-2H3;6-9,15H,3-5,10-14H2,1-2H3. The van der Waals surface area contributed by atoms with Gasteiger partial charge >= 0.3 is 0 Å². The fourth-order valence-electron chi connectivity index (χ4n) is 5.87. The molecule has 2 aromatic carbocycles. The van der Waals surface area contributed by atoms with Gasteiger partial charge in [-0.1, -0.05) is 95.5 Å². The molecule has 5 nitrogen and oxygen atoms in total. The van der Waals surface area contributed by atoms with E-state index in [4.69, 9.17) is 4.74 Å². The van der Waals surface area contributed by atoms with Crippen molar-refractivity contribution in [3.63, 3.8) is 0 Å². The van der Waals surface area contributed by atoms with Gasteiger partial charge < -0.3 is 9.64 Å². The lowest BCUT2D eigenvalue weighted by Crippen LogP contribution is -2.40. The maximum Gasteiger partial charge on any atom is 0.166 e. The van der Waals surface area contributed by atoms with E-state index in [1.165, 1.54) is 56.1 Å². The van der Waals surface area contributed by atoms with E-state index < -0.39 is 0 Å². The number of ether oxygens (including phenoxy) is 1. The van der Waals surface area contributed by atoms with Crippen molar-refractivity contribution < 1.29 is 14.3 Å². The highest BCUT2D eigenvalue weighted by molar-refractivity contribution is 5.98. The molecule has 0 N–H and O–H groups in total. The normalized spacial score (nSPS) is 17.6. The number of nitrogens with zero attached hydrogens (tertiary/aromatic N) is 2. The van der Waals surface area contributed by atoms with E-state index >= 15 is 0 Å². The van der Waals surface area contributed by atoms with Crippen molar-refractivity contribution in [3.8, 4) is 0 Å². The molecule has 2 aromatic rings. The van der Waals surface area contributed by atoms with Crippen molar-refractivity contribution in [2.24, 2.45) is 11.8 Å². The van der Waals surface area contributed by atoms with Gasteiger partial charge in [-0.05, 0) is 62.7 Å². The van der Waals surface area contributed by atoms with Crippen LogP contribution >= 0.6 is 0 Å². The first-order valence-electron chi connectivity index (χ1n) is 16.7. The molecule has 2 aliphatic rings. The lowest BCUT2D eigenvalue weighted by molar-refractivity contribution is 0.0313. The van der Waals surface area contributed by atoms with Crippen LogP contribution in [-0.4, -0.2) is 73.8 Å². The zero-order valence-corrected chi connectivity index (χ0v) is 26.9. The Morgan fingerprint density at radius 3 is 1.45 bits per heavy atom. The summed E-state index contributed by atoms with van der Waals surface area (Å²) in [6.07, 6.45) is 11.0. The minimum atomic E-state index is 0.0459. The van der Waals surface area contributed by atoms with E-state index in [9.17, 15) is 9.59 Å². The number of piperidine rings is 1. The fourth-order valence-corrected chi connectivity index (χ4v) is 5.87. The number of Topliss-reactive ketones (excluding diaryl/α,β-unsaturated/α-hetero) is 2. The van der Waals surface area contributed by atoms with E-state index in [-0.39, 0.29) is 17.6 Å². The second-order valence-electron chi connectivity index (χ2n) is 12.4. The van der Waals surface area contributed by atoms with Crippen LogP contribution in [0.3, 0.4) is 0 Å². The van der Waals surface area contributed by atoms with Crippen LogP contribution in [0.25, 0.3) is 0 Å². The quantitative estimate of drug-likeness (QED) is 0.218. The number of aryl methyl sites for hydroxylation is 2. The number of carbonyl (C=O) groups excluding carboxylic acids is 2. The molecule has 0 radical (unpaired) electrons. The van der Waals surface area contributed by atoms with Crippen molar-refractivity contribution in [2.45, 2.75) is 85.5 Å². The number of rotatable bonds is 14. The number of carbonyl (C=O) groups is 2. The van der Waals surface area contributed by atoms with Gasteiger partial charge in [-0.3, -0.25) is 14.5 Å².